The lowest BCUT2D eigenvalue weighted by molar-refractivity contribution is 0.0750. The summed E-state index contributed by atoms with van der Waals surface area (Å²) in [4.78, 5) is 14.4. The van der Waals surface area contributed by atoms with Crippen LogP contribution in [0.25, 0.3) is 11.1 Å². The lowest BCUT2D eigenvalue weighted by atomic mass is 10.0. The van der Waals surface area contributed by atoms with Crippen LogP contribution in [0.5, 0.6) is 0 Å². The van der Waals surface area contributed by atoms with Crippen LogP contribution in [0, 0.1) is 11.8 Å². The maximum absolute atomic E-state index is 12.4. The number of amides is 1. The first-order chi connectivity index (χ1) is 9.81. The van der Waals surface area contributed by atoms with Gasteiger partial charge in [0.05, 0.1) is 18.8 Å². The predicted octanol–water partition coefficient (Wildman–Crippen LogP) is 1.83. The van der Waals surface area contributed by atoms with Crippen molar-refractivity contribution in [2.24, 2.45) is 11.8 Å². The van der Waals surface area contributed by atoms with Gasteiger partial charge in [-0.3, -0.25) is 4.79 Å². The quantitative estimate of drug-likeness (QED) is 0.906. The molecule has 1 amide bonds. The van der Waals surface area contributed by atoms with Gasteiger partial charge in [0, 0.05) is 37.3 Å². The van der Waals surface area contributed by atoms with Crippen molar-refractivity contribution >= 4 is 5.91 Å². The topological polar surface area (TPSA) is 58.6 Å². The minimum absolute atomic E-state index is 0.00542. The molecule has 0 radical (unpaired) electrons. The molecule has 5 heteroatoms. The Bertz CT molecular complexity index is 605. The number of nitrogens with one attached hydrogen (secondary N) is 1. The molecule has 1 N–H and O–H groups in total. The number of fused-ring (bicyclic) bond motifs is 1. The summed E-state index contributed by atoms with van der Waals surface area (Å²) < 4.78 is 10.5. The second-order valence-corrected chi connectivity index (χ2v) is 5.60. The molecule has 0 aromatic carbocycles. The second-order valence-electron chi connectivity index (χ2n) is 5.60. The van der Waals surface area contributed by atoms with Gasteiger partial charge in [0.1, 0.15) is 0 Å². The molecule has 104 valence electrons. The third kappa shape index (κ3) is 1.86. The summed E-state index contributed by atoms with van der Waals surface area (Å²) >= 11 is 0. The summed E-state index contributed by atoms with van der Waals surface area (Å²) in [5.74, 6) is 1.60. The van der Waals surface area contributed by atoms with Crippen LogP contribution in [-0.4, -0.2) is 37.0 Å². The van der Waals surface area contributed by atoms with Crippen LogP contribution in [0.4, 0.5) is 0 Å². The van der Waals surface area contributed by atoms with E-state index in [2.05, 4.69) is 5.32 Å². The average Bonchev–Trinajstić information content (AvgIpc) is 3.19. The van der Waals surface area contributed by atoms with Gasteiger partial charge < -0.3 is 19.1 Å². The van der Waals surface area contributed by atoms with Crippen molar-refractivity contribution in [1.29, 1.82) is 0 Å². The number of rotatable bonds is 2. The Kier molecular flexibility index (Phi) is 2.67. The van der Waals surface area contributed by atoms with E-state index in [9.17, 15) is 4.79 Å². The first-order valence-corrected chi connectivity index (χ1v) is 6.92. The molecule has 2 aliphatic rings. The van der Waals surface area contributed by atoms with Gasteiger partial charge in [0.2, 0.25) is 0 Å². The number of hydrogen-bond donors (Lipinski definition) is 1. The minimum Gasteiger partial charge on any atom is -0.472 e. The predicted molar refractivity (Wildman–Crippen MR) is 72.2 cm³/mol. The van der Waals surface area contributed by atoms with Gasteiger partial charge in [-0.2, -0.15) is 0 Å². The molecule has 20 heavy (non-hydrogen) atoms. The number of nitrogens with zero attached hydrogens (tertiary/aromatic N) is 1. The molecule has 2 unspecified atom stereocenters. The molecule has 4 rings (SSSR count). The van der Waals surface area contributed by atoms with Crippen LogP contribution in [0.15, 0.2) is 39.8 Å². The van der Waals surface area contributed by atoms with Gasteiger partial charge in [-0.1, -0.05) is 0 Å². The van der Waals surface area contributed by atoms with Crippen molar-refractivity contribution in [2.75, 3.05) is 26.2 Å². The summed E-state index contributed by atoms with van der Waals surface area (Å²) in [5.41, 5.74) is 1.80. The van der Waals surface area contributed by atoms with Gasteiger partial charge in [0.15, 0.2) is 5.76 Å². The normalized spacial score (nSPS) is 25.1. The zero-order valence-corrected chi connectivity index (χ0v) is 11.0. The van der Waals surface area contributed by atoms with E-state index in [1.165, 1.54) is 0 Å². The number of furan rings is 2. The Hall–Kier alpha value is -2.01. The number of hydrogen-bond acceptors (Lipinski definition) is 4. The molecule has 5 nitrogen and oxygen atoms in total. The van der Waals surface area contributed by atoms with Crippen molar-refractivity contribution in [3.05, 3.63) is 36.7 Å². The number of carbonyl (C=O) groups is 1. The Labute approximate surface area is 116 Å². The van der Waals surface area contributed by atoms with Gasteiger partial charge in [-0.25, -0.2) is 0 Å². The molecule has 0 saturated carbocycles. The van der Waals surface area contributed by atoms with Crippen LogP contribution in [-0.2, 0) is 0 Å². The summed E-state index contributed by atoms with van der Waals surface area (Å²) in [6.07, 6.45) is 4.86. The first kappa shape index (κ1) is 11.8. The summed E-state index contributed by atoms with van der Waals surface area (Å²) in [7, 11) is 0. The lowest BCUT2D eigenvalue weighted by Gasteiger charge is -2.15. The highest BCUT2D eigenvalue weighted by molar-refractivity contribution is 5.93. The molecule has 2 atom stereocenters. The van der Waals surface area contributed by atoms with Gasteiger partial charge in [0.25, 0.3) is 5.91 Å². The molecular weight excluding hydrogens is 256 g/mol. The smallest absolute Gasteiger partial charge is 0.289 e. The van der Waals surface area contributed by atoms with Crippen molar-refractivity contribution in [2.45, 2.75) is 0 Å². The molecule has 0 spiro atoms. The van der Waals surface area contributed by atoms with Crippen molar-refractivity contribution in [3.63, 3.8) is 0 Å². The molecule has 2 aliphatic heterocycles. The molecule has 4 heterocycles. The fraction of sp³-hybridized carbons (Fsp3) is 0.400. The summed E-state index contributed by atoms with van der Waals surface area (Å²) in [6.45, 7) is 3.70. The zero-order chi connectivity index (χ0) is 13.5. The standard InChI is InChI=1S/C15H16N2O3/c18-15(17-6-12-4-16-5-13(12)7-17)14-3-11(9-20-14)10-1-2-19-8-10/h1-3,8-9,12-13,16H,4-7H2. The Balaban J connectivity index is 1.52. The largest absolute Gasteiger partial charge is 0.472 e. The van der Waals surface area contributed by atoms with Crippen molar-refractivity contribution in [1.82, 2.24) is 10.2 Å². The Morgan fingerprint density at radius 2 is 2.00 bits per heavy atom. The fourth-order valence-corrected chi connectivity index (χ4v) is 3.21. The molecule has 0 aliphatic carbocycles. The Morgan fingerprint density at radius 1 is 1.20 bits per heavy atom. The van der Waals surface area contributed by atoms with E-state index in [4.69, 9.17) is 8.83 Å². The maximum atomic E-state index is 12.4. The fourth-order valence-electron chi connectivity index (χ4n) is 3.21. The number of carbonyl (C=O) groups excluding carboxylic acids is 1. The highest BCUT2D eigenvalue weighted by atomic mass is 16.3. The van der Waals surface area contributed by atoms with Crippen LogP contribution in [0.2, 0.25) is 0 Å². The van der Waals surface area contributed by atoms with Crippen molar-refractivity contribution < 1.29 is 13.6 Å². The van der Waals surface area contributed by atoms with E-state index in [0.29, 0.717) is 17.6 Å². The monoisotopic (exact) mass is 272 g/mol. The Morgan fingerprint density at radius 3 is 2.70 bits per heavy atom. The van der Waals surface area contributed by atoms with Crippen LogP contribution < -0.4 is 5.32 Å². The molecule has 2 aromatic rings. The van der Waals surface area contributed by atoms with Gasteiger partial charge in [-0.05, 0) is 24.0 Å². The molecule has 0 bridgehead atoms. The van der Waals surface area contributed by atoms with Gasteiger partial charge in [-0.15, -0.1) is 0 Å². The SMILES string of the molecule is O=C(c1cc(-c2ccoc2)co1)N1CC2CNCC2C1. The van der Waals surface area contributed by atoms with Gasteiger partial charge >= 0.3 is 0 Å². The average molecular weight is 272 g/mol. The molecule has 2 aromatic heterocycles. The molecule has 2 saturated heterocycles. The molecule has 2 fully saturated rings. The van der Waals surface area contributed by atoms with Crippen molar-refractivity contribution in [3.8, 4) is 11.1 Å². The highest BCUT2D eigenvalue weighted by Gasteiger charge is 2.38. The van der Waals surface area contributed by atoms with E-state index in [1.54, 1.807) is 24.9 Å². The number of likely N-dealkylation sites (tertiary alicyclic amines) is 1. The van der Waals surface area contributed by atoms with Crippen LogP contribution in [0.1, 0.15) is 10.6 Å². The van der Waals surface area contributed by atoms with Crippen LogP contribution >= 0.6 is 0 Å². The summed E-state index contributed by atoms with van der Waals surface area (Å²) in [5, 5.41) is 3.37. The molecular formula is C15H16N2O3. The maximum Gasteiger partial charge on any atom is 0.289 e. The summed E-state index contributed by atoms with van der Waals surface area (Å²) in [6, 6.07) is 3.64. The third-order valence-corrected chi connectivity index (χ3v) is 4.34. The van der Waals surface area contributed by atoms with E-state index in [0.717, 1.165) is 37.3 Å². The van der Waals surface area contributed by atoms with E-state index in [1.807, 2.05) is 11.0 Å². The van der Waals surface area contributed by atoms with E-state index >= 15 is 0 Å². The van der Waals surface area contributed by atoms with E-state index in [-0.39, 0.29) is 5.91 Å². The highest BCUT2D eigenvalue weighted by Crippen LogP contribution is 2.29. The lowest BCUT2D eigenvalue weighted by Crippen LogP contribution is -2.31. The zero-order valence-electron chi connectivity index (χ0n) is 11.0. The minimum atomic E-state index is -0.00542. The second kappa shape index (κ2) is 4.52. The first-order valence-electron chi connectivity index (χ1n) is 6.92. The third-order valence-electron chi connectivity index (χ3n) is 4.34. The van der Waals surface area contributed by atoms with Crippen LogP contribution in [0.3, 0.4) is 0 Å². The van der Waals surface area contributed by atoms with E-state index < -0.39 is 0 Å².